The van der Waals surface area contributed by atoms with Gasteiger partial charge in [-0.25, -0.2) is 14.8 Å². The van der Waals surface area contributed by atoms with Crippen LogP contribution in [0, 0.1) is 6.92 Å². The summed E-state index contributed by atoms with van der Waals surface area (Å²) in [6.45, 7) is 4.28. The molecule has 0 unspecified atom stereocenters. The average molecular weight is 340 g/mol. The fraction of sp³-hybridized carbons (Fsp3) is 0.333. The van der Waals surface area contributed by atoms with Crippen molar-refractivity contribution in [2.75, 3.05) is 11.9 Å². The molecule has 7 nitrogen and oxygen atoms in total. The van der Waals surface area contributed by atoms with E-state index in [0.717, 1.165) is 10.2 Å². The third-order valence-electron chi connectivity index (χ3n) is 2.43. The zero-order chi connectivity index (χ0) is 14.5. The Bertz CT molecular complexity index is 614. The van der Waals surface area contributed by atoms with Crippen LogP contribution >= 0.6 is 15.9 Å². The van der Waals surface area contributed by atoms with Gasteiger partial charge in [-0.3, -0.25) is 5.10 Å². The number of aromatic nitrogens is 4. The summed E-state index contributed by atoms with van der Waals surface area (Å²) in [6, 6.07) is 1.56. The number of nitrogens with zero attached hydrogens (tertiary/aromatic N) is 3. The van der Waals surface area contributed by atoms with Gasteiger partial charge < -0.3 is 10.1 Å². The fourth-order valence-corrected chi connectivity index (χ4v) is 1.90. The zero-order valence-corrected chi connectivity index (χ0v) is 12.7. The van der Waals surface area contributed by atoms with Crippen LogP contribution in [0.2, 0.25) is 0 Å². The summed E-state index contributed by atoms with van der Waals surface area (Å²) < 4.78 is 5.80. The molecule has 2 aromatic heterocycles. The number of aromatic amines is 1. The van der Waals surface area contributed by atoms with E-state index < -0.39 is 5.97 Å². The molecular formula is C12H14BrN5O2. The van der Waals surface area contributed by atoms with E-state index in [1.54, 1.807) is 26.1 Å². The number of carbonyl (C=O) groups is 1. The molecule has 0 fully saturated rings. The van der Waals surface area contributed by atoms with Crippen LogP contribution in [0.15, 0.2) is 16.7 Å². The fourth-order valence-electron chi connectivity index (χ4n) is 1.57. The van der Waals surface area contributed by atoms with Gasteiger partial charge in [0.1, 0.15) is 11.6 Å². The maximum atomic E-state index is 11.7. The first-order valence-electron chi connectivity index (χ1n) is 6.04. The molecule has 0 amide bonds. The molecule has 2 N–H and O–H groups in total. The van der Waals surface area contributed by atoms with Crippen LogP contribution in [0.5, 0.6) is 0 Å². The summed E-state index contributed by atoms with van der Waals surface area (Å²) in [5.74, 6) is 0.604. The topological polar surface area (TPSA) is 92.8 Å². The van der Waals surface area contributed by atoms with Crippen molar-refractivity contribution in [3.8, 4) is 0 Å². The van der Waals surface area contributed by atoms with Crippen LogP contribution in [0.4, 0.5) is 5.82 Å². The molecular weight excluding hydrogens is 326 g/mol. The van der Waals surface area contributed by atoms with E-state index >= 15 is 0 Å². The summed E-state index contributed by atoms with van der Waals surface area (Å²) >= 11 is 3.37. The Hall–Kier alpha value is -1.96. The predicted molar refractivity (Wildman–Crippen MR) is 76.3 cm³/mol. The first-order chi connectivity index (χ1) is 9.60. The van der Waals surface area contributed by atoms with Gasteiger partial charge in [-0.05, 0) is 29.8 Å². The number of rotatable bonds is 5. The van der Waals surface area contributed by atoms with Gasteiger partial charge in [-0.1, -0.05) is 0 Å². The Balaban J connectivity index is 2.12. The number of esters is 1. The van der Waals surface area contributed by atoms with Crippen molar-refractivity contribution in [3.05, 3.63) is 33.9 Å². The molecule has 106 valence electrons. The molecule has 0 radical (unpaired) electrons. The molecule has 20 heavy (non-hydrogen) atoms. The number of aryl methyl sites for hydroxylation is 1. The second-order valence-corrected chi connectivity index (χ2v) is 4.81. The molecule has 0 aliphatic carbocycles. The Labute approximate surface area is 124 Å². The Morgan fingerprint density at radius 2 is 2.30 bits per heavy atom. The van der Waals surface area contributed by atoms with Gasteiger partial charge in [0.05, 0.1) is 29.5 Å². The number of anilines is 1. The summed E-state index contributed by atoms with van der Waals surface area (Å²) in [6.07, 6.45) is 1.67. The van der Waals surface area contributed by atoms with Crippen molar-refractivity contribution >= 4 is 27.7 Å². The Morgan fingerprint density at radius 1 is 1.50 bits per heavy atom. The van der Waals surface area contributed by atoms with E-state index in [4.69, 9.17) is 4.74 Å². The number of halogens is 1. The van der Waals surface area contributed by atoms with E-state index in [-0.39, 0.29) is 5.69 Å². The summed E-state index contributed by atoms with van der Waals surface area (Å²) in [4.78, 5) is 20.0. The molecule has 2 rings (SSSR count). The van der Waals surface area contributed by atoms with Crippen LogP contribution < -0.4 is 5.32 Å². The summed E-state index contributed by atoms with van der Waals surface area (Å²) in [7, 11) is 0. The number of nitrogens with one attached hydrogen (secondary N) is 2. The largest absolute Gasteiger partial charge is 0.461 e. The van der Waals surface area contributed by atoms with Crippen LogP contribution in [0.25, 0.3) is 0 Å². The number of hydrogen-bond acceptors (Lipinski definition) is 6. The lowest BCUT2D eigenvalue weighted by atomic mass is 10.3. The molecule has 0 atom stereocenters. The van der Waals surface area contributed by atoms with Gasteiger partial charge in [0.2, 0.25) is 0 Å². The molecule has 2 heterocycles. The third kappa shape index (κ3) is 3.53. The van der Waals surface area contributed by atoms with E-state index in [2.05, 4.69) is 41.4 Å². The van der Waals surface area contributed by atoms with Gasteiger partial charge in [-0.15, -0.1) is 0 Å². The van der Waals surface area contributed by atoms with Crippen molar-refractivity contribution in [2.45, 2.75) is 20.4 Å². The number of ether oxygens (including phenoxy) is 1. The van der Waals surface area contributed by atoms with E-state index in [0.29, 0.717) is 24.8 Å². The molecule has 2 aromatic rings. The molecule has 0 bridgehead atoms. The second kappa shape index (κ2) is 6.47. The number of H-pyrrole nitrogens is 1. The molecule has 0 aliphatic rings. The van der Waals surface area contributed by atoms with Crippen molar-refractivity contribution in [2.24, 2.45) is 0 Å². The monoisotopic (exact) mass is 339 g/mol. The lowest BCUT2D eigenvalue weighted by molar-refractivity contribution is 0.0519. The highest BCUT2D eigenvalue weighted by atomic mass is 79.9. The van der Waals surface area contributed by atoms with Crippen LogP contribution in [-0.2, 0) is 11.3 Å². The van der Waals surface area contributed by atoms with Crippen molar-refractivity contribution in [1.82, 2.24) is 20.2 Å². The van der Waals surface area contributed by atoms with Crippen molar-refractivity contribution < 1.29 is 9.53 Å². The molecule has 8 heteroatoms. The first-order valence-corrected chi connectivity index (χ1v) is 6.84. The van der Waals surface area contributed by atoms with Gasteiger partial charge >= 0.3 is 5.97 Å². The lowest BCUT2D eigenvalue weighted by Crippen LogP contribution is -2.11. The highest BCUT2D eigenvalue weighted by Crippen LogP contribution is 2.15. The average Bonchev–Trinajstić information content (AvgIpc) is 2.81. The van der Waals surface area contributed by atoms with Gasteiger partial charge in [-0.2, -0.15) is 5.10 Å². The molecule has 0 aliphatic heterocycles. The van der Waals surface area contributed by atoms with Crippen LogP contribution in [-0.4, -0.2) is 32.7 Å². The minimum Gasteiger partial charge on any atom is -0.461 e. The Morgan fingerprint density at radius 3 is 2.95 bits per heavy atom. The predicted octanol–water partition coefficient (Wildman–Crippen LogP) is 2.06. The lowest BCUT2D eigenvalue weighted by Gasteiger charge is -2.07. The highest BCUT2D eigenvalue weighted by molar-refractivity contribution is 9.10. The first kappa shape index (κ1) is 14.4. The van der Waals surface area contributed by atoms with Gasteiger partial charge in [0.25, 0.3) is 0 Å². The standard InChI is InChI=1S/C12H14BrN5O2/c1-3-20-12(19)9-4-11(17-7(2)16-9)14-6-10-8(13)5-15-18-10/h4-5H,3,6H2,1-2H3,(H,15,18)(H,14,16,17). The SMILES string of the molecule is CCOC(=O)c1cc(NCc2[nH]ncc2Br)nc(C)n1. The summed E-state index contributed by atoms with van der Waals surface area (Å²) in [5, 5.41) is 9.86. The quantitative estimate of drug-likeness (QED) is 0.810. The van der Waals surface area contributed by atoms with E-state index in [1.165, 1.54) is 0 Å². The normalized spacial score (nSPS) is 10.3. The Kier molecular flexibility index (Phi) is 4.67. The zero-order valence-electron chi connectivity index (χ0n) is 11.1. The number of carbonyl (C=O) groups excluding carboxylic acids is 1. The minimum absolute atomic E-state index is 0.241. The second-order valence-electron chi connectivity index (χ2n) is 3.96. The highest BCUT2D eigenvalue weighted by Gasteiger charge is 2.11. The minimum atomic E-state index is -0.455. The third-order valence-corrected chi connectivity index (χ3v) is 3.12. The molecule has 0 saturated heterocycles. The maximum absolute atomic E-state index is 11.7. The van der Waals surface area contributed by atoms with Gasteiger partial charge in [0.15, 0.2) is 5.69 Å². The number of hydrogen-bond donors (Lipinski definition) is 2. The van der Waals surface area contributed by atoms with Gasteiger partial charge in [0, 0.05) is 6.07 Å². The maximum Gasteiger partial charge on any atom is 0.357 e. The van der Waals surface area contributed by atoms with Crippen LogP contribution in [0.3, 0.4) is 0 Å². The summed E-state index contributed by atoms with van der Waals surface area (Å²) in [5.41, 5.74) is 1.13. The molecule has 0 spiro atoms. The van der Waals surface area contributed by atoms with Crippen molar-refractivity contribution in [1.29, 1.82) is 0 Å². The molecule has 0 saturated carbocycles. The smallest absolute Gasteiger partial charge is 0.357 e. The van der Waals surface area contributed by atoms with Crippen molar-refractivity contribution in [3.63, 3.8) is 0 Å². The van der Waals surface area contributed by atoms with E-state index in [9.17, 15) is 4.79 Å². The molecule has 0 aromatic carbocycles. The van der Waals surface area contributed by atoms with E-state index in [1.807, 2.05) is 0 Å². The van der Waals surface area contributed by atoms with Crippen LogP contribution in [0.1, 0.15) is 28.9 Å².